The van der Waals surface area contributed by atoms with Crippen LogP contribution in [0.2, 0.25) is 0 Å². The minimum Gasteiger partial charge on any atom is -0.367 e. The summed E-state index contributed by atoms with van der Waals surface area (Å²) in [5, 5.41) is 0. The fourth-order valence-corrected chi connectivity index (χ4v) is 4.27. The molecule has 0 atom stereocenters. The van der Waals surface area contributed by atoms with E-state index in [9.17, 15) is 12.8 Å². The maximum absolute atomic E-state index is 13.9. The quantitative estimate of drug-likeness (QED) is 0.788. The summed E-state index contributed by atoms with van der Waals surface area (Å²) >= 11 is 0. The van der Waals surface area contributed by atoms with Gasteiger partial charge in [0.2, 0.25) is 10.0 Å². The first-order valence-corrected chi connectivity index (χ1v) is 10.8. The van der Waals surface area contributed by atoms with Crippen molar-refractivity contribution >= 4 is 15.7 Å². The Morgan fingerprint density at radius 1 is 1.00 bits per heavy atom. The van der Waals surface area contributed by atoms with Gasteiger partial charge >= 0.3 is 0 Å². The zero-order valence-electron chi connectivity index (χ0n) is 15.6. The third-order valence-electron chi connectivity index (χ3n) is 4.93. The number of hydrogen-bond acceptors (Lipinski definition) is 4. The Morgan fingerprint density at radius 3 is 2.30 bits per heavy atom. The van der Waals surface area contributed by atoms with Gasteiger partial charge in [-0.15, -0.1) is 0 Å². The molecule has 1 fully saturated rings. The molecule has 1 N–H and O–H groups in total. The van der Waals surface area contributed by atoms with E-state index in [-0.39, 0.29) is 5.82 Å². The van der Waals surface area contributed by atoms with Crippen molar-refractivity contribution in [1.29, 1.82) is 0 Å². The summed E-state index contributed by atoms with van der Waals surface area (Å²) in [6, 6.07) is 13.8. The van der Waals surface area contributed by atoms with Crippen molar-refractivity contribution in [2.45, 2.75) is 18.2 Å². The van der Waals surface area contributed by atoms with Crippen LogP contribution in [0.25, 0.3) is 0 Å². The molecule has 146 valence electrons. The average molecular weight is 392 g/mol. The lowest BCUT2D eigenvalue weighted by molar-refractivity contribution is 0.261. The Balaban J connectivity index is 1.46. The van der Waals surface area contributed by atoms with E-state index in [0.717, 1.165) is 38.2 Å². The molecule has 0 spiro atoms. The SMILES string of the molecule is CCc1ccc(S(=O)(=O)NCCN2CCN(c3ccccc3F)CC2)cc1. The van der Waals surface area contributed by atoms with E-state index in [2.05, 4.69) is 9.62 Å². The predicted molar refractivity (Wildman–Crippen MR) is 106 cm³/mol. The molecule has 0 bridgehead atoms. The second-order valence-electron chi connectivity index (χ2n) is 6.68. The van der Waals surface area contributed by atoms with Gasteiger partial charge in [-0.3, -0.25) is 4.90 Å². The van der Waals surface area contributed by atoms with Crippen molar-refractivity contribution in [2.24, 2.45) is 0 Å². The van der Waals surface area contributed by atoms with Gasteiger partial charge in [0.15, 0.2) is 0 Å². The number of rotatable bonds is 7. The van der Waals surface area contributed by atoms with Gasteiger partial charge < -0.3 is 4.90 Å². The molecule has 1 saturated heterocycles. The highest BCUT2D eigenvalue weighted by Crippen LogP contribution is 2.20. The van der Waals surface area contributed by atoms with Gasteiger partial charge in [0.05, 0.1) is 10.6 Å². The lowest BCUT2D eigenvalue weighted by Gasteiger charge is -2.36. The van der Waals surface area contributed by atoms with Crippen LogP contribution in [-0.2, 0) is 16.4 Å². The molecule has 0 radical (unpaired) electrons. The maximum atomic E-state index is 13.9. The van der Waals surface area contributed by atoms with E-state index >= 15 is 0 Å². The number of nitrogens with one attached hydrogen (secondary N) is 1. The van der Waals surface area contributed by atoms with Gasteiger partial charge in [-0.2, -0.15) is 0 Å². The normalized spacial score (nSPS) is 15.9. The third kappa shape index (κ3) is 5.06. The van der Waals surface area contributed by atoms with Gasteiger partial charge in [-0.1, -0.05) is 31.2 Å². The number of para-hydroxylation sites is 1. The molecule has 0 unspecified atom stereocenters. The zero-order valence-corrected chi connectivity index (χ0v) is 16.4. The van der Waals surface area contributed by atoms with Crippen LogP contribution in [0, 0.1) is 5.82 Å². The summed E-state index contributed by atoms with van der Waals surface area (Å²) in [5.74, 6) is -0.201. The molecule has 1 heterocycles. The Hall–Kier alpha value is -1.96. The van der Waals surface area contributed by atoms with Gasteiger partial charge in [-0.25, -0.2) is 17.5 Å². The van der Waals surface area contributed by atoms with E-state index < -0.39 is 10.0 Å². The van der Waals surface area contributed by atoms with E-state index in [1.54, 1.807) is 24.3 Å². The molecule has 3 rings (SSSR count). The van der Waals surface area contributed by atoms with E-state index in [1.807, 2.05) is 30.0 Å². The van der Waals surface area contributed by atoms with Crippen LogP contribution >= 0.6 is 0 Å². The number of anilines is 1. The first-order valence-electron chi connectivity index (χ1n) is 9.30. The highest BCUT2D eigenvalue weighted by Gasteiger charge is 2.20. The summed E-state index contributed by atoms with van der Waals surface area (Å²) in [7, 11) is -3.48. The van der Waals surface area contributed by atoms with Crippen molar-refractivity contribution < 1.29 is 12.8 Å². The highest BCUT2D eigenvalue weighted by molar-refractivity contribution is 7.89. The monoisotopic (exact) mass is 391 g/mol. The first kappa shape index (κ1) is 19.8. The maximum Gasteiger partial charge on any atom is 0.240 e. The van der Waals surface area contributed by atoms with Gasteiger partial charge in [0.25, 0.3) is 0 Å². The molecule has 0 aromatic heterocycles. The molecular formula is C20H26FN3O2S. The molecule has 2 aromatic carbocycles. The van der Waals surface area contributed by atoms with Crippen LogP contribution in [0.3, 0.4) is 0 Å². The third-order valence-corrected chi connectivity index (χ3v) is 6.40. The van der Waals surface area contributed by atoms with Gasteiger partial charge in [0, 0.05) is 39.3 Å². The Bertz CT molecular complexity index is 848. The fraction of sp³-hybridized carbons (Fsp3) is 0.400. The number of nitrogens with zero attached hydrogens (tertiary/aromatic N) is 2. The Labute approximate surface area is 160 Å². The molecule has 1 aliphatic heterocycles. The largest absolute Gasteiger partial charge is 0.367 e. The summed E-state index contributed by atoms with van der Waals surface area (Å²) in [4.78, 5) is 4.52. The summed E-state index contributed by atoms with van der Waals surface area (Å²) < 4.78 is 41.3. The standard InChI is InChI=1S/C20H26FN3O2S/c1-2-17-7-9-18(10-8-17)27(25,26)22-11-12-23-13-15-24(16-14-23)20-6-4-3-5-19(20)21/h3-10,22H,2,11-16H2,1H3. The van der Waals surface area contributed by atoms with Crippen LogP contribution in [0.15, 0.2) is 53.4 Å². The lowest BCUT2D eigenvalue weighted by Crippen LogP contribution is -2.48. The summed E-state index contributed by atoms with van der Waals surface area (Å²) in [5.41, 5.74) is 1.75. The smallest absolute Gasteiger partial charge is 0.240 e. The van der Waals surface area contributed by atoms with Crippen molar-refractivity contribution in [3.63, 3.8) is 0 Å². The number of aryl methyl sites for hydroxylation is 1. The second kappa shape index (κ2) is 8.82. The molecule has 1 aliphatic rings. The van der Waals surface area contributed by atoms with Crippen LogP contribution in [0.1, 0.15) is 12.5 Å². The number of benzene rings is 2. The van der Waals surface area contributed by atoms with Crippen molar-refractivity contribution in [2.75, 3.05) is 44.2 Å². The number of sulfonamides is 1. The number of hydrogen-bond donors (Lipinski definition) is 1. The second-order valence-corrected chi connectivity index (χ2v) is 8.44. The molecule has 5 nitrogen and oxygen atoms in total. The van der Waals surface area contributed by atoms with Crippen molar-refractivity contribution in [3.05, 3.63) is 59.9 Å². The summed E-state index contributed by atoms with van der Waals surface area (Å²) in [6.07, 6.45) is 0.882. The van der Waals surface area contributed by atoms with Gasteiger partial charge in [0.1, 0.15) is 5.82 Å². The highest BCUT2D eigenvalue weighted by atomic mass is 32.2. The van der Waals surface area contributed by atoms with Crippen LogP contribution in [-0.4, -0.2) is 52.6 Å². The zero-order chi connectivity index (χ0) is 19.3. The summed E-state index contributed by atoms with van der Waals surface area (Å²) in [6.45, 7) is 6.05. The minimum atomic E-state index is -3.48. The molecular weight excluding hydrogens is 365 g/mol. The number of halogens is 1. The average Bonchev–Trinajstić information content (AvgIpc) is 2.69. The first-order chi connectivity index (χ1) is 13.0. The van der Waals surface area contributed by atoms with Crippen LogP contribution < -0.4 is 9.62 Å². The van der Waals surface area contributed by atoms with Crippen molar-refractivity contribution in [1.82, 2.24) is 9.62 Å². The van der Waals surface area contributed by atoms with E-state index in [1.165, 1.54) is 6.07 Å². The Morgan fingerprint density at radius 2 is 1.67 bits per heavy atom. The van der Waals surface area contributed by atoms with Crippen LogP contribution in [0.5, 0.6) is 0 Å². The van der Waals surface area contributed by atoms with Gasteiger partial charge in [-0.05, 0) is 36.2 Å². The Kier molecular flexibility index (Phi) is 6.46. The molecule has 0 aliphatic carbocycles. The topological polar surface area (TPSA) is 52.7 Å². The fourth-order valence-electron chi connectivity index (χ4n) is 3.25. The molecule has 0 amide bonds. The molecule has 2 aromatic rings. The minimum absolute atomic E-state index is 0.201. The lowest BCUT2D eigenvalue weighted by atomic mass is 10.2. The predicted octanol–water partition coefficient (Wildman–Crippen LogP) is 2.49. The van der Waals surface area contributed by atoms with E-state index in [0.29, 0.717) is 23.7 Å². The number of piperazine rings is 1. The van der Waals surface area contributed by atoms with E-state index in [4.69, 9.17) is 0 Å². The van der Waals surface area contributed by atoms with Crippen LogP contribution in [0.4, 0.5) is 10.1 Å². The molecule has 0 saturated carbocycles. The molecule has 7 heteroatoms. The molecule has 27 heavy (non-hydrogen) atoms. The van der Waals surface area contributed by atoms with Crippen molar-refractivity contribution in [3.8, 4) is 0 Å².